The lowest BCUT2D eigenvalue weighted by molar-refractivity contribution is -0.123. The molecule has 5 atom stereocenters. The van der Waals surface area contributed by atoms with Crippen molar-refractivity contribution >= 4 is 12.0 Å². The van der Waals surface area contributed by atoms with Crippen molar-refractivity contribution in [3.8, 4) is 0 Å². The van der Waals surface area contributed by atoms with Gasteiger partial charge in [-0.3, -0.25) is 4.79 Å². The summed E-state index contributed by atoms with van der Waals surface area (Å²) in [7, 11) is 0. The minimum atomic E-state index is -0.491. The van der Waals surface area contributed by atoms with Crippen molar-refractivity contribution in [1.82, 2.24) is 10.2 Å². The van der Waals surface area contributed by atoms with Gasteiger partial charge in [0.2, 0.25) is 5.91 Å². The second-order valence-electron chi connectivity index (χ2n) is 8.14. The number of nitrogens with zero attached hydrogens (tertiary/aromatic N) is 1. The van der Waals surface area contributed by atoms with Gasteiger partial charge in [-0.2, -0.15) is 0 Å². The molecule has 7 heteroatoms. The number of rotatable bonds is 7. The Balaban J connectivity index is 1.78. The van der Waals surface area contributed by atoms with Crippen molar-refractivity contribution in [3.05, 3.63) is 36.5 Å². The first-order chi connectivity index (χ1) is 14.3. The summed E-state index contributed by atoms with van der Waals surface area (Å²) >= 11 is 0. The molecule has 0 aromatic carbocycles. The molecule has 0 saturated carbocycles. The van der Waals surface area contributed by atoms with Gasteiger partial charge in [-0.05, 0) is 45.6 Å². The van der Waals surface area contributed by atoms with E-state index in [1.807, 2.05) is 19.9 Å². The summed E-state index contributed by atoms with van der Waals surface area (Å²) in [5.74, 6) is 0.121. The molecule has 2 heterocycles. The molecule has 0 bridgehead atoms. The fourth-order valence-corrected chi connectivity index (χ4v) is 3.57. The van der Waals surface area contributed by atoms with Crippen LogP contribution >= 0.6 is 0 Å². The number of morpholine rings is 1. The van der Waals surface area contributed by atoms with E-state index in [0.29, 0.717) is 32.2 Å². The molecular formula is C23H36N2O5. The van der Waals surface area contributed by atoms with Gasteiger partial charge in [-0.15, -0.1) is 0 Å². The second-order valence-corrected chi connectivity index (χ2v) is 8.14. The van der Waals surface area contributed by atoms with Gasteiger partial charge < -0.3 is 24.4 Å². The van der Waals surface area contributed by atoms with Crippen molar-refractivity contribution in [2.45, 2.75) is 64.9 Å². The predicted molar refractivity (Wildman–Crippen MR) is 116 cm³/mol. The van der Waals surface area contributed by atoms with Crippen molar-refractivity contribution < 1.29 is 23.8 Å². The molecule has 2 aliphatic rings. The van der Waals surface area contributed by atoms with Crippen LogP contribution in [0.4, 0.5) is 4.79 Å². The highest BCUT2D eigenvalue weighted by Gasteiger charge is 2.33. The quantitative estimate of drug-likeness (QED) is 0.505. The molecule has 2 fully saturated rings. The molecule has 0 aliphatic carbocycles. The molecule has 0 spiro atoms. The number of hydrogen-bond donors (Lipinski definition) is 1. The molecule has 0 aromatic heterocycles. The van der Waals surface area contributed by atoms with Gasteiger partial charge in [0.05, 0.1) is 31.5 Å². The van der Waals surface area contributed by atoms with Crippen LogP contribution in [-0.4, -0.2) is 67.6 Å². The maximum absolute atomic E-state index is 12.3. The topological polar surface area (TPSA) is 77.1 Å². The van der Waals surface area contributed by atoms with Gasteiger partial charge in [0.15, 0.2) is 0 Å². The third-order valence-corrected chi connectivity index (χ3v) is 5.61. The Labute approximate surface area is 180 Å². The van der Waals surface area contributed by atoms with Gasteiger partial charge >= 0.3 is 6.09 Å². The molecule has 2 saturated heterocycles. The first kappa shape index (κ1) is 24.2. The highest BCUT2D eigenvalue weighted by molar-refractivity contribution is 5.87. The third kappa shape index (κ3) is 7.61. The summed E-state index contributed by atoms with van der Waals surface area (Å²) in [6, 6.07) is -0.0518. The lowest BCUT2D eigenvalue weighted by atomic mass is 9.88. The minimum absolute atomic E-state index is 0.0518. The van der Waals surface area contributed by atoms with E-state index in [1.54, 1.807) is 17.9 Å². The van der Waals surface area contributed by atoms with Crippen LogP contribution in [0.1, 0.15) is 40.5 Å². The number of ether oxygens (including phenoxy) is 3. The largest absolute Gasteiger partial charge is 0.442 e. The normalized spacial score (nSPS) is 28.8. The molecule has 0 radical (unpaired) electrons. The molecule has 168 valence electrons. The number of nitrogens with one attached hydrogen (secondary N) is 1. The third-order valence-electron chi connectivity index (χ3n) is 5.61. The van der Waals surface area contributed by atoms with E-state index in [1.165, 1.54) is 6.08 Å². The summed E-state index contributed by atoms with van der Waals surface area (Å²) in [5.41, 5.74) is 1.14. The molecular weight excluding hydrogens is 384 g/mol. The van der Waals surface area contributed by atoms with Crippen LogP contribution in [0, 0.1) is 5.92 Å². The van der Waals surface area contributed by atoms with Crippen LogP contribution in [0.2, 0.25) is 0 Å². The van der Waals surface area contributed by atoms with Crippen LogP contribution in [0.15, 0.2) is 36.5 Å². The lowest BCUT2D eigenvalue weighted by Gasteiger charge is -2.39. The number of allylic oxidation sites excluding steroid dienone is 2. The lowest BCUT2D eigenvalue weighted by Crippen LogP contribution is -2.50. The summed E-state index contributed by atoms with van der Waals surface area (Å²) in [4.78, 5) is 26.0. The Morgan fingerprint density at radius 1 is 1.30 bits per heavy atom. The molecule has 1 N–H and O–H groups in total. The number of carbonyl (C=O) groups excluding carboxylic acids is 2. The van der Waals surface area contributed by atoms with Crippen molar-refractivity contribution in [3.63, 3.8) is 0 Å². The Hall–Kier alpha value is -2.12. The van der Waals surface area contributed by atoms with E-state index in [9.17, 15) is 9.59 Å². The molecule has 0 aromatic rings. The van der Waals surface area contributed by atoms with Gasteiger partial charge in [0, 0.05) is 19.2 Å². The van der Waals surface area contributed by atoms with Crippen LogP contribution in [-0.2, 0) is 19.0 Å². The summed E-state index contributed by atoms with van der Waals surface area (Å²) in [5, 5.41) is 3.02. The Morgan fingerprint density at radius 2 is 2.00 bits per heavy atom. The second kappa shape index (κ2) is 11.9. The van der Waals surface area contributed by atoms with Crippen molar-refractivity contribution in [2.24, 2.45) is 5.92 Å². The van der Waals surface area contributed by atoms with Crippen LogP contribution < -0.4 is 5.32 Å². The average molecular weight is 421 g/mol. The Morgan fingerprint density at radius 3 is 2.67 bits per heavy atom. The highest BCUT2D eigenvalue weighted by atomic mass is 16.6. The number of hydrogen-bond acceptors (Lipinski definition) is 5. The molecule has 30 heavy (non-hydrogen) atoms. The monoisotopic (exact) mass is 420 g/mol. The average Bonchev–Trinajstić information content (AvgIpc) is 2.74. The number of amides is 2. The zero-order valence-corrected chi connectivity index (χ0v) is 18.6. The smallest absolute Gasteiger partial charge is 0.410 e. The van der Waals surface area contributed by atoms with Crippen LogP contribution in [0.25, 0.3) is 0 Å². The zero-order chi connectivity index (χ0) is 22.1. The standard InChI is InChI=1S/C23H36N2O5/c1-6-16(2)7-9-21-17(3)15-20(19(5)30-21)24-22(26)10-8-18(4)29-23(27)25-11-13-28-14-12-25/h6-8,10,17-21H,1,9,11-15H2,2-5H3,(H,24,26)/t17-,18-,19+,20+,21-/m0/s1. The summed E-state index contributed by atoms with van der Waals surface area (Å²) in [6.45, 7) is 13.8. The van der Waals surface area contributed by atoms with Crippen molar-refractivity contribution in [2.75, 3.05) is 26.3 Å². The maximum Gasteiger partial charge on any atom is 0.410 e. The molecule has 2 aliphatic heterocycles. The van der Waals surface area contributed by atoms with E-state index < -0.39 is 6.10 Å². The van der Waals surface area contributed by atoms with E-state index in [2.05, 4.69) is 24.9 Å². The SMILES string of the molecule is C=CC(C)=CC[C@@H]1O[C@H](C)[C@H](NC(=O)C=C[C@H](C)OC(=O)N2CCOCC2)C[C@@H]1C. The van der Waals surface area contributed by atoms with Gasteiger partial charge in [-0.25, -0.2) is 4.79 Å². The first-order valence-electron chi connectivity index (χ1n) is 10.8. The van der Waals surface area contributed by atoms with Crippen LogP contribution in [0.3, 0.4) is 0 Å². The highest BCUT2D eigenvalue weighted by Crippen LogP contribution is 2.27. The van der Waals surface area contributed by atoms with Gasteiger partial charge in [0.25, 0.3) is 0 Å². The minimum Gasteiger partial charge on any atom is -0.442 e. The molecule has 2 amide bonds. The zero-order valence-electron chi connectivity index (χ0n) is 18.6. The predicted octanol–water partition coefficient (Wildman–Crippen LogP) is 3.22. The first-order valence-corrected chi connectivity index (χ1v) is 10.8. The fourth-order valence-electron chi connectivity index (χ4n) is 3.57. The van der Waals surface area contributed by atoms with E-state index in [4.69, 9.17) is 14.2 Å². The van der Waals surface area contributed by atoms with Crippen LogP contribution in [0.5, 0.6) is 0 Å². The molecule has 7 nitrogen and oxygen atoms in total. The van der Waals surface area contributed by atoms with E-state index in [0.717, 1.165) is 18.4 Å². The van der Waals surface area contributed by atoms with Crippen molar-refractivity contribution in [1.29, 1.82) is 0 Å². The fraction of sp³-hybridized carbons (Fsp3) is 0.652. The summed E-state index contributed by atoms with van der Waals surface area (Å²) < 4.78 is 16.7. The van der Waals surface area contributed by atoms with Gasteiger partial charge in [-0.1, -0.05) is 31.2 Å². The van der Waals surface area contributed by atoms with E-state index in [-0.39, 0.29) is 30.3 Å². The molecule has 0 unspecified atom stereocenters. The number of carbonyl (C=O) groups is 2. The molecule has 2 rings (SSSR count). The van der Waals surface area contributed by atoms with Gasteiger partial charge in [0.1, 0.15) is 6.10 Å². The van der Waals surface area contributed by atoms with E-state index >= 15 is 0 Å². The Kier molecular flexibility index (Phi) is 9.59. The summed E-state index contributed by atoms with van der Waals surface area (Å²) in [6.07, 6.45) is 7.89. The Bertz CT molecular complexity index is 654. The maximum atomic E-state index is 12.3.